The van der Waals surface area contributed by atoms with E-state index in [-0.39, 0.29) is 18.6 Å². The zero-order valence-electron chi connectivity index (χ0n) is 18.8. The fraction of sp³-hybridized carbons (Fsp3) is 0.231. The molecule has 0 radical (unpaired) electrons. The minimum atomic E-state index is -0.624. The molecule has 0 unspecified atom stereocenters. The van der Waals surface area contributed by atoms with Crippen LogP contribution in [0, 0.1) is 0 Å². The molecule has 3 rings (SSSR count). The first-order valence-electron chi connectivity index (χ1n) is 10.7. The van der Waals surface area contributed by atoms with Crippen molar-refractivity contribution in [3.05, 3.63) is 101 Å². The predicted octanol–water partition coefficient (Wildman–Crippen LogP) is 5.51. The molecule has 0 spiro atoms. The van der Waals surface area contributed by atoms with Gasteiger partial charge >= 0.3 is 6.09 Å². The number of nitrogens with zero attached hydrogens (tertiary/aromatic N) is 1. The second kappa shape index (κ2) is 12.0. The van der Waals surface area contributed by atoms with Crippen molar-refractivity contribution in [2.24, 2.45) is 0 Å². The van der Waals surface area contributed by atoms with Crippen LogP contribution >= 0.6 is 11.6 Å². The van der Waals surface area contributed by atoms with E-state index >= 15 is 0 Å². The van der Waals surface area contributed by atoms with Crippen LogP contribution in [0.3, 0.4) is 0 Å². The van der Waals surface area contributed by atoms with Crippen molar-refractivity contribution < 1.29 is 14.3 Å². The molecule has 0 fully saturated rings. The number of anilines is 1. The van der Waals surface area contributed by atoms with Crippen LogP contribution in [0.2, 0.25) is 5.02 Å². The molecule has 0 heterocycles. The number of nitrogens with one attached hydrogen (secondary N) is 2. The van der Waals surface area contributed by atoms with Gasteiger partial charge < -0.3 is 15.0 Å². The van der Waals surface area contributed by atoms with Gasteiger partial charge in [0, 0.05) is 16.3 Å². The third-order valence-corrected chi connectivity index (χ3v) is 5.21. The second-order valence-electron chi connectivity index (χ2n) is 7.94. The third-order valence-electron chi connectivity index (χ3n) is 4.99. The normalized spacial score (nSPS) is 11.6. The Balaban J connectivity index is 1.67. The largest absolute Gasteiger partial charge is 0.444 e. The Hall–Kier alpha value is -3.35. The van der Waals surface area contributed by atoms with Gasteiger partial charge in [0.25, 0.3) is 5.91 Å². The van der Waals surface area contributed by atoms with E-state index in [1.165, 1.54) is 0 Å². The van der Waals surface area contributed by atoms with E-state index in [4.69, 9.17) is 16.3 Å². The molecule has 0 saturated carbocycles. The highest BCUT2D eigenvalue weighted by Gasteiger charge is 2.17. The van der Waals surface area contributed by atoms with Crippen LogP contribution in [0.5, 0.6) is 0 Å². The van der Waals surface area contributed by atoms with Crippen molar-refractivity contribution in [2.45, 2.75) is 19.1 Å². The highest BCUT2D eigenvalue weighted by atomic mass is 35.5. The lowest BCUT2D eigenvalue weighted by Crippen LogP contribution is -2.31. The summed E-state index contributed by atoms with van der Waals surface area (Å²) in [7, 11) is 3.99. The molecule has 0 aliphatic rings. The minimum absolute atomic E-state index is 0.144. The quantitative estimate of drug-likeness (QED) is 0.437. The fourth-order valence-corrected chi connectivity index (χ4v) is 3.54. The van der Waals surface area contributed by atoms with Crippen LogP contribution in [0.4, 0.5) is 10.5 Å². The van der Waals surface area contributed by atoms with Crippen LogP contribution < -0.4 is 10.6 Å². The van der Waals surface area contributed by atoms with Crippen molar-refractivity contribution in [3.8, 4) is 0 Å². The summed E-state index contributed by atoms with van der Waals surface area (Å²) in [6.45, 7) is 0.959. The van der Waals surface area contributed by atoms with E-state index < -0.39 is 6.09 Å². The molecule has 33 heavy (non-hydrogen) atoms. The van der Waals surface area contributed by atoms with Crippen molar-refractivity contribution in [2.75, 3.05) is 26.0 Å². The van der Waals surface area contributed by atoms with Gasteiger partial charge in [-0.2, -0.15) is 0 Å². The Bertz CT molecular complexity index is 1060. The second-order valence-corrected chi connectivity index (χ2v) is 8.38. The van der Waals surface area contributed by atoms with E-state index in [0.717, 1.165) is 24.1 Å². The molecule has 0 aromatic heterocycles. The molecule has 6 nitrogen and oxygen atoms in total. The molecule has 1 atom stereocenters. The van der Waals surface area contributed by atoms with E-state index in [1.54, 1.807) is 18.2 Å². The van der Waals surface area contributed by atoms with E-state index in [0.29, 0.717) is 16.3 Å². The molecular weight excluding hydrogens is 438 g/mol. The monoisotopic (exact) mass is 465 g/mol. The van der Waals surface area contributed by atoms with Gasteiger partial charge in [0.05, 0.1) is 6.04 Å². The zero-order chi connectivity index (χ0) is 23.6. The number of rotatable bonds is 9. The van der Waals surface area contributed by atoms with Crippen LogP contribution in [-0.4, -0.2) is 37.5 Å². The van der Waals surface area contributed by atoms with Gasteiger partial charge in [-0.3, -0.25) is 10.1 Å². The predicted molar refractivity (Wildman–Crippen MR) is 132 cm³/mol. The summed E-state index contributed by atoms with van der Waals surface area (Å²) in [6, 6.07) is 23.8. The molecule has 0 aliphatic heterocycles. The first-order valence-corrected chi connectivity index (χ1v) is 11.1. The molecule has 0 saturated heterocycles. The van der Waals surface area contributed by atoms with Crippen molar-refractivity contribution in [1.82, 2.24) is 10.2 Å². The summed E-state index contributed by atoms with van der Waals surface area (Å²) in [6.07, 6.45) is 0.126. The standard InChI is InChI=1S/C26H28ClN3O3/c1-30(2)14-13-24(20-11-7-4-8-12-20)29-25(31)21-15-22(27)17-23(16-21)28-26(32)33-18-19-9-5-3-6-10-19/h3-12,15-17,24H,13-14,18H2,1-2H3,(H,28,32)(H,29,31)/t24-/m0/s1. The van der Waals surface area contributed by atoms with Gasteiger partial charge in [-0.1, -0.05) is 72.3 Å². The molecule has 0 aliphatic carbocycles. The van der Waals surface area contributed by atoms with Crippen LogP contribution in [-0.2, 0) is 11.3 Å². The number of hydrogen-bond acceptors (Lipinski definition) is 4. The number of hydrogen-bond donors (Lipinski definition) is 2. The van der Waals surface area contributed by atoms with Crippen LogP contribution in [0.1, 0.15) is 33.9 Å². The van der Waals surface area contributed by atoms with E-state index in [1.807, 2.05) is 74.8 Å². The summed E-state index contributed by atoms with van der Waals surface area (Å²) >= 11 is 6.23. The Morgan fingerprint density at radius 3 is 2.30 bits per heavy atom. The maximum Gasteiger partial charge on any atom is 0.411 e. The van der Waals surface area contributed by atoms with Gasteiger partial charge in [-0.15, -0.1) is 0 Å². The number of ether oxygens (including phenoxy) is 1. The van der Waals surface area contributed by atoms with Crippen molar-refractivity contribution >= 4 is 29.3 Å². The lowest BCUT2D eigenvalue weighted by molar-refractivity contribution is 0.0932. The molecule has 0 bridgehead atoms. The van der Waals surface area contributed by atoms with Crippen molar-refractivity contribution in [3.63, 3.8) is 0 Å². The summed E-state index contributed by atoms with van der Waals surface area (Å²) in [5.41, 5.74) is 2.64. The lowest BCUT2D eigenvalue weighted by Gasteiger charge is -2.21. The maximum atomic E-state index is 13.0. The highest BCUT2D eigenvalue weighted by molar-refractivity contribution is 6.31. The van der Waals surface area contributed by atoms with Gasteiger partial charge in [0.2, 0.25) is 0 Å². The first kappa shape index (κ1) is 24.3. The van der Waals surface area contributed by atoms with Gasteiger partial charge in [0.1, 0.15) is 6.61 Å². The topological polar surface area (TPSA) is 70.7 Å². The average molecular weight is 466 g/mol. The molecule has 3 aromatic rings. The lowest BCUT2D eigenvalue weighted by atomic mass is 10.0. The maximum absolute atomic E-state index is 13.0. The summed E-state index contributed by atoms with van der Waals surface area (Å²) in [4.78, 5) is 27.3. The molecule has 3 aromatic carbocycles. The van der Waals surface area contributed by atoms with Crippen molar-refractivity contribution in [1.29, 1.82) is 0 Å². The van der Waals surface area contributed by atoms with Gasteiger partial charge in [-0.25, -0.2) is 4.79 Å². The average Bonchev–Trinajstić information content (AvgIpc) is 2.81. The van der Waals surface area contributed by atoms with Crippen LogP contribution in [0.15, 0.2) is 78.9 Å². The SMILES string of the molecule is CN(C)CC[C@H](NC(=O)c1cc(Cl)cc(NC(=O)OCc2ccccc2)c1)c1ccccc1. The minimum Gasteiger partial charge on any atom is -0.444 e. The number of amides is 2. The number of halogens is 1. The first-order chi connectivity index (χ1) is 15.9. The smallest absolute Gasteiger partial charge is 0.411 e. The number of carbonyl (C=O) groups is 2. The van der Waals surface area contributed by atoms with Gasteiger partial charge in [-0.05, 0) is 56.4 Å². The Morgan fingerprint density at radius 2 is 1.64 bits per heavy atom. The molecule has 2 N–H and O–H groups in total. The fourth-order valence-electron chi connectivity index (χ4n) is 3.31. The third kappa shape index (κ3) is 7.93. The Morgan fingerprint density at radius 1 is 0.970 bits per heavy atom. The number of carbonyl (C=O) groups excluding carboxylic acids is 2. The van der Waals surface area contributed by atoms with E-state index in [2.05, 4.69) is 15.5 Å². The summed E-state index contributed by atoms with van der Waals surface area (Å²) in [5, 5.41) is 6.07. The Kier molecular flexibility index (Phi) is 8.87. The van der Waals surface area contributed by atoms with Crippen LogP contribution in [0.25, 0.3) is 0 Å². The number of benzene rings is 3. The molecule has 2 amide bonds. The van der Waals surface area contributed by atoms with E-state index in [9.17, 15) is 9.59 Å². The zero-order valence-corrected chi connectivity index (χ0v) is 19.5. The molecular formula is C26H28ClN3O3. The van der Waals surface area contributed by atoms with Gasteiger partial charge in [0.15, 0.2) is 0 Å². The molecule has 172 valence electrons. The summed E-state index contributed by atoms with van der Waals surface area (Å²) < 4.78 is 5.25. The summed E-state index contributed by atoms with van der Waals surface area (Å²) in [5.74, 6) is -0.272. The molecule has 7 heteroatoms. The highest BCUT2D eigenvalue weighted by Crippen LogP contribution is 2.22. The Labute approximate surface area is 199 Å².